The van der Waals surface area contributed by atoms with Gasteiger partial charge in [-0.2, -0.15) is 10.1 Å². The standard InChI is InChI=1S/C48H54N12O4/c1-28-20-31(6-12-38(28)29(2)51-45(62)44-53-46(64-56-44)48(3,4)5)42-39-21-32(23-50-43(39)55-54-42)40-13-11-35(24-49-40)60-27-36-22-37(60)26-58(36)25-30-14-17-57(18-15-30)33-7-9-34(10-8-33)59-19-16-41(61)52-47(59)63/h6-13,20-21,23-24,29-30,36-37H,14-19,22,25-27H2,1-5H3,(H,51,62)(H,50,54,55)(H,52,61,63). The molecule has 64 heavy (non-hydrogen) atoms. The van der Waals surface area contributed by atoms with E-state index in [4.69, 9.17) is 9.51 Å². The minimum atomic E-state index is -0.385. The quantitative estimate of drug-likeness (QED) is 0.131. The van der Waals surface area contributed by atoms with Gasteiger partial charge in [0.05, 0.1) is 29.3 Å². The van der Waals surface area contributed by atoms with Crippen LogP contribution in [0.15, 0.2) is 77.6 Å². The summed E-state index contributed by atoms with van der Waals surface area (Å²) in [7, 11) is 0. The fourth-order valence-corrected chi connectivity index (χ4v) is 9.91. The second kappa shape index (κ2) is 16.5. The zero-order chi connectivity index (χ0) is 44.3. The molecule has 330 valence electrons. The Hall–Kier alpha value is -6.68. The number of nitrogens with one attached hydrogen (secondary N) is 3. The molecule has 0 aliphatic carbocycles. The molecule has 3 N–H and O–H groups in total. The molecule has 0 radical (unpaired) electrons. The van der Waals surface area contributed by atoms with Crippen LogP contribution >= 0.6 is 0 Å². The number of fused-ring (bicyclic) bond motifs is 3. The summed E-state index contributed by atoms with van der Waals surface area (Å²) in [6, 6.07) is 21.1. The van der Waals surface area contributed by atoms with Crippen LogP contribution in [-0.4, -0.2) is 104 Å². The van der Waals surface area contributed by atoms with Crippen LogP contribution in [0.5, 0.6) is 0 Å². The maximum atomic E-state index is 13.0. The molecule has 16 nitrogen and oxygen atoms in total. The van der Waals surface area contributed by atoms with E-state index in [0.29, 0.717) is 42.5 Å². The molecule has 10 rings (SSSR count). The average molecular weight is 863 g/mol. The fraction of sp³-hybridized carbons (Fsp3) is 0.417. The molecule has 4 aliphatic rings. The van der Waals surface area contributed by atoms with Crippen LogP contribution in [0.25, 0.3) is 33.5 Å². The van der Waals surface area contributed by atoms with E-state index >= 15 is 0 Å². The molecule has 0 spiro atoms. The molecule has 0 saturated carbocycles. The first kappa shape index (κ1) is 41.3. The van der Waals surface area contributed by atoms with E-state index < -0.39 is 0 Å². The predicted octanol–water partition coefficient (Wildman–Crippen LogP) is 6.79. The number of urea groups is 1. The van der Waals surface area contributed by atoms with Gasteiger partial charge in [0.1, 0.15) is 0 Å². The Bertz CT molecular complexity index is 2720. The van der Waals surface area contributed by atoms with Crippen molar-refractivity contribution in [3.63, 3.8) is 0 Å². The Morgan fingerprint density at radius 2 is 1.69 bits per heavy atom. The lowest BCUT2D eigenvalue weighted by atomic mass is 9.95. The second-order valence-corrected chi connectivity index (χ2v) is 18.9. The van der Waals surface area contributed by atoms with Crippen molar-refractivity contribution in [1.29, 1.82) is 0 Å². The molecular formula is C48H54N12O4. The number of hydrogen-bond donors (Lipinski definition) is 3. The van der Waals surface area contributed by atoms with E-state index in [0.717, 1.165) is 96.0 Å². The lowest BCUT2D eigenvalue weighted by Gasteiger charge is -2.39. The van der Waals surface area contributed by atoms with Gasteiger partial charge in [0.25, 0.3) is 11.7 Å². The number of aromatic nitrogens is 6. The van der Waals surface area contributed by atoms with Gasteiger partial charge < -0.3 is 19.6 Å². The van der Waals surface area contributed by atoms with Gasteiger partial charge in [-0.05, 0) is 98.7 Å². The van der Waals surface area contributed by atoms with E-state index in [1.54, 1.807) is 4.90 Å². The molecule has 6 aromatic rings. The number of nitrogens with zero attached hydrogens (tertiary/aromatic N) is 9. The van der Waals surface area contributed by atoms with Crippen molar-refractivity contribution in [2.75, 3.05) is 54.0 Å². The Morgan fingerprint density at radius 1 is 0.906 bits per heavy atom. The summed E-state index contributed by atoms with van der Waals surface area (Å²) in [5, 5.41) is 17.9. The van der Waals surface area contributed by atoms with Crippen LogP contribution in [0.3, 0.4) is 0 Å². The normalized spacial score (nSPS) is 20.0. The van der Waals surface area contributed by atoms with Crippen molar-refractivity contribution in [1.82, 2.24) is 45.8 Å². The highest BCUT2D eigenvalue weighted by molar-refractivity contribution is 6.05. The smallest absolute Gasteiger partial charge is 0.328 e. The number of anilines is 3. The van der Waals surface area contributed by atoms with Crippen molar-refractivity contribution in [3.05, 3.63) is 95.9 Å². The third-order valence-electron chi connectivity index (χ3n) is 13.5. The first-order valence-electron chi connectivity index (χ1n) is 22.4. The summed E-state index contributed by atoms with van der Waals surface area (Å²) in [5.41, 5.74) is 9.06. The van der Waals surface area contributed by atoms with Crippen LogP contribution in [0, 0.1) is 12.8 Å². The third kappa shape index (κ3) is 8.06. The van der Waals surface area contributed by atoms with Crippen molar-refractivity contribution < 1.29 is 18.9 Å². The zero-order valence-electron chi connectivity index (χ0n) is 37.0. The molecule has 2 bridgehead atoms. The second-order valence-electron chi connectivity index (χ2n) is 18.9. The zero-order valence-corrected chi connectivity index (χ0v) is 37.0. The number of pyridine rings is 2. The largest absolute Gasteiger partial charge is 0.372 e. The topological polar surface area (TPSA) is 182 Å². The first-order chi connectivity index (χ1) is 30.8. The highest BCUT2D eigenvalue weighted by Gasteiger charge is 2.44. The predicted molar refractivity (Wildman–Crippen MR) is 244 cm³/mol. The number of rotatable bonds is 10. The monoisotopic (exact) mass is 862 g/mol. The number of piperazine rings is 1. The highest BCUT2D eigenvalue weighted by atomic mass is 16.5. The van der Waals surface area contributed by atoms with Crippen molar-refractivity contribution in [3.8, 4) is 22.5 Å². The van der Waals surface area contributed by atoms with E-state index in [1.807, 2.05) is 71.3 Å². The SMILES string of the molecule is Cc1cc(-c2[nH]nc3ncc(-c4ccc(N5CC6CC5CN6CC5CCN(c6ccc(N7CCC(=O)NC7=O)cc6)CC5)cn4)cc23)ccc1C(C)NC(=O)c1noc(C(C)(C)C)n1. The number of likely N-dealkylation sites (tertiary alicyclic amines) is 1. The summed E-state index contributed by atoms with van der Waals surface area (Å²) >= 11 is 0. The van der Waals surface area contributed by atoms with Gasteiger partial charge in [0, 0.05) is 97.3 Å². The molecule has 4 aliphatic heterocycles. The molecule has 2 aromatic carbocycles. The van der Waals surface area contributed by atoms with E-state index in [-0.39, 0.29) is 35.1 Å². The molecule has 4 fully saturated rings. The number of imide groups is 1. The van der Waals surface area contributed by atoms with E-state index in [9.17, 15) is 14.4 Å². The summed E-state index contributed by atoms with van der Waals surface area (Å²) in [6.07, 6.45) is 7.68. The molecule has 4 saturated heterocycles. The van der Waals surface area contributed by atoms with Crippen LogP contribution in [0.2, 0.25) is 0 Å². The van der Waals surface area contributed by atoms with Crippen LogP contribution in [0.4, 0.5) is 21.9 Å². The number of piperidine rings is 1. The number of H-pyrrole nitrogens is 1. The van der Waals surface area contributed by atoms with Crippen LogP contribution in [-0.2, 0) is 10.2 Å². The van der Waals surface area contributed by atoms with Crippen molar-refractivity contribution in [2.24, 2.45) is 5.92 Å². The Balaban J connectivity index is 0.732. The van der Waals surface area contributed by atoms with E-state index in [1.165, 1.54) is 12.1 Å². The number of benzene rings is 2. The third-order valence-corrected chi connectivity index (χ3v) is 13.5. The maximum absolute atomic E-state index is 13.0. The summed E-state index contributed by atoms with van der Waals surface area (Å²) in [4.78, 5) is 60.1. The summed E-state index contributed by atoms with van der Waals surface area (Å²) in [5.74, 6) is 0.514. The molecule has 3 atom stereocenters. The Morgan fingerprint density at radius 3 is 2.38 bits per heavy atom. The minimum Gasteiger partial charge on any atom is -0.372 e. The molecule has 4 amide bonds. The highest BCUT2D eigenvalue weighted by Crippen LogP contribution is 2.37. The van der Waals surface area contributed by atoms with Crippen LogP contribution < -0.4 is 25.3 Å². The molecule has 3 unspecified atom stereocenters. The first-order valence-corrected chi connectivity index (χ1v) is 22.4. The minimum absolute atomic E-state index is 0.0209. The lowest BCUT2D eigenvalue weighted by Crippen LogP contribution is -2.49. The van der Waals surface area contributed by atoms with Crippen molar-refractivity contribution in [2.45, 2.75) is 83.8 Å². The van der Waals surface area contributed by atoms with Gasteiger partial charge >= 0.3 is 6.03 Å². The molecule has 8 heterocycles. The van der Waals surface area contributed by atoms with Gasteiger partial charge in [-0.15, -0.1) is 0 Å². The number of carbonyl (C=O) groups is 3. The maximum Gasteiger partial charge on any atom is 0.328 e. The van der Waals surface area contributed by atoms with E-state index in [2.05, 4.69) is 87.1 Å². The van der Waals surface area contributed by atoms with Crippen molar-refractivity contribution >= 4 is 45.9 Å². The number of aryl methyl sites for hydroxylation is 1. The fourth-order valence-electron chi connectivity index (χ4n) is 9.91. The Kier molecular flexibility index (Phi) is 10.6. The Labute approximate surface area is 371 Å². The number of carbonyl (C=O) groups excluding carboxylic acids is 3. The number of aromatic amines is 1. The van der Waals surface area contributed by atoms with Gasteiger partial charge in [-0.3, -0.25) is 34.8 Å². The molecular weight excluding hydrogens is 809 g/mol. The molecule has 16 heteroatoms. The van der Waals surface area contributed by atoms with Gasteiger partial charge in [-0.1, -0.05) is 38.1 Å². The summed E-state index contributed by atoms with van der Waals surface area (Å²) in [6.45, 7) is 15.6. The van der Waals surface area contributed by atoms with Crippen LogP contribution in [0.1, 0.15) is 87.1 Å². The number of amides is 4. The summed E-state index contributed by atoms with van der Waals surface area (Å²) < 4.78 is 5.32. The van der Waals surface area contributed by atoms with Gasteiger partial charge in [-0.25, -0.2) is 9.78 Å². The average Bonchev–Trinajstić information content (AvgIpc) is 4.12. The lowest BCUT2D eigenvalue weighted by molar-refractivity contribution is -0.120. The number of hydrogen-bond acceptors (Lipinski definition) is 12. The van der Waals surface area contributed by atoms with Gasteiger partial charge in [0.2, 0.25) is 11.8 Å². The molecule has 4 aromatic heterocycles. The van der Waals surface area contributed by atoms with Gasteiger partial charge in [0.15, 0.2) is 5.65 Å².